The molecule has 176 valence electrons. The molecule has 0 saturated heterocycles. The second kappa shape index (κ2) is 9.91. The normalized spacial score (nSPS) is 12.8. The molecule has 34 heavy (non-hydrogen) atoms. The number of hydrogen-bond acceptors (Lipinski definition) is 5. The largest absolute Gasteiger partial charge is 0.469 e. The smallest absolute Gasteiger partial charge is 0.305 e. The zero-order valence-corrected chi connectivity index (χ0v) is 19.6. The summed E-state index contributed by atoms with van der Waals surface area (Å²) >= 11 is 0. The van der Waals surface area contributed by atoms with Crippen molar-refractivity contribution in [2.75, 3.05) is 17.7 Å². The summed E-state index contributed by atoms with van der Waals surface area (Å²) < 4.78 is 6.55. The average Bonchev–Trinajstić information content (AvgIpc) is 3.64. The standard InChI is InChI=1S/C26H28N4O4/c1-16-23(13-14-24(31)34-3)17(2)30(29-16)22-11-9-19(10-12-22)26(33)28-21-6-4-5-20(15-21)27-25(32)18-7-8-18/h4-6,9-12,15,18H,7-8,13-14H2,1-3H3,(H,27,32)(H,28,33). The average molecular weight is 461 g/mol. The number of carbonyl (C=O) groups excluding carboxylic acids is 3. The molecule has 0 bridgehead atoms. The molecular formula is C26H28N4O4. The molecular weight excluding hydrogens is 432 g/mol. The Morgan fingerprint density at radius 1 is 1.03 bits per heavy atom. The Morgan fingerprint density at radius 3 is 2.35 bits per heavy atom. The van der Waals surface area contributed by atoms with Gasteiger partial charge in [0.05, 0.1) is 18.5 Å². The first-order valence-electron chi connectivity index (χ1n) is 11.3. The molecule has 4 rings (SSSR count). The third-order valence-corrected chi connectivity index (χ3v) is 5.96. The minimum atomic E-state index is -0.252. The van der Waals surface area contributed by atoms with Crippen LogP contribution in [0.5, 0.6) is 0 Å². The summed E-state index contributed by atoms with van der Waals surface area (Å²) in [6.45, 7) is 3.88. The number of methoxy groups -OCH3 is 1. The minimum Gasteiger partial charge on any atom is -0.469 e. The number of amides is 2. The molecule has 0 atom stereocenters. The fourth-order valence-corrected chi connectivity index (χ4v) is 3.84. The van der Waals surface area contributed by atoms with Crippen molar-refractivity contribution < 1.29 is 19.1 Å². The molecule has 2 amide bonds. The van der Waals surface area contributed by atoms with Gasteiger partial charge in [0.15, 0.2) is 0 Å². The van der Waals surface area contributed by atoms with E-state index in [9.17, 15) is 14.4 Å². The van der Waals surface area contributed by atoms with Crippen molar-refractivity contribution in [2.45, 2.75) is 39.5 Å². The van der Waals surface area contributed by atoms with Gasteiger partial charge in [0.25, 0.3) is 5.91 Å². The summed E-state index contributed by atoms with van der Waals surface area (Å²) in [5, 5.41) is 10.4. The van der Waals surface area contributed by atoms with Crippen molar-refractivity contribution >= 4 is 29.2 Å². The van der Waals surface area contributed by atoms with Crippen molar-refractivity contribution in [1.82, 2.24) is 9.78 Å². The fraction of sp³-hybridized carbons (Fsp3) is 0.308. The Kier molecular flexibility index (Phi) is 6.77. The summed E-state index contributed by atoms with van der Waals surface area (Å²) in [6.07, 6.45) is 2.73. The van der Waals surface area contributed by atoms with Crippen LogP contribution in [0.4, 0.5) is 11.4 Å². The summed E-state index contributed by atoms with van der Waals surface area (Å²) in [7, 11) is 1.38. The van der Waals surface area contributed by atoms with Crippen LogP contribution in [0, 0.1) is 19.8 Å². The van der Waals surface area contributed by atoms with Crippen LogP contribution in [0.15, 0.2) is 48.5 Å². The number of anilines is 2. The van der Waals surface area contributed by atoms with Crippen LogP contribution in [0.25, 0.3) is 5.69 Å². The van der Waals surface area contributed by atoms with Gasteiger partial charge in [-0.15, -0.1) is 0 Å². The van der Waals surface area contributed by atoms with Gasteiger partial charge in [-0.3, -0.25) is 14.4 Å². The van der Waals surface area contributed by atoms with E-state index in [-0.39, 0.29) is 23.7 Å². The molecule has 0 radical (unpaired) electrons. The summed E-state index contributed by atoms with van der Waals surface area (Å²) in [4.78, 5) is 36.2. The number of esters is 1. The molecule has 1 aliphatic carbocycles. The van der Waals surface area contributed by atoms with Crippen LogP contribution in [-0.4, -0.2) is 34.7 Å². The van der Waals surface area contributed by atoms with Gasteiger partial charge in [0, 0.05) is 35.0 Å². The van der Waals surface area contributed by atoms with Crippen LogP contribution in [0.2, 0.25) is 0 Å². The third kappa shape index (κ3) is 5.33. The van der Waals surface area contributed by atoms with Gasteiger partial charge < -0.3 is 15.4 Å². The molecule has 1 heterocycles. The minimum absolute atomic E-state index is 0.0247. The van der Waals surface area contributed by atoms with Crippen LogP contribution in [0.1, 0.15) is 46.6 Å². The maximum absolute atomic E-state index is 12.8. The molecule has 1 aliphatic rings. The van der Waals surface area contributed by atoms with E-state index in [0.717, 1.165) is 35.5 Å². The maximum Gasteiger partial charge on any atom is 0.305 e. The Bertz CT molecular complexity index is 1230. The van der Waals surface area contributed by atoms with Gasteiger partial charge in [-0.1, -0.05) is 6.07 Å². The van der Waals surface area contributed by atoms with Gasteiger partial charge in [0.2, 0.25) is 5.91 Å². The highest BCUT2D eigenvalue weighted by molar-refractivity contribution is 6.05. The van der Waals surface area contributed by atoms with Crippen LogP contribution >= 0.6 is 0 Å². The Labute approximate surface area is 198 Å². The van der Waals surface area contributed by atoms with E-state index in [1.54, 1.807) is 36.4 Å². The number of nitrogens with one attached hydrogen (secondary N) is 2. The van der Waals surface area contributed by atoms with E-state index >= 15 is 0 Å². The van der Waals surface area contributed by atoms with Crippen molar-refractivity contribution in [3.05, 3.63) is 71.0 Å². The highest BCUT2D eigenvalue weighted by Crippen LogP contribution is 2.30. The highest BCUT2D eigenvalue weighted by Gasteiger charge is 2.29. The lowest BCUT2D eigenvalue weighted by atomic mass is 10.1. The molecule has 2 N–H and O–H groups in total. The molecule has 8 nitrogen and oxygen atoms in total. The van der Waals surface area contributed by atoms with Crippen molar-refractivity contribution in [1.29, 1.82) is 0 Å². The molecule has 2 aromatic carbocycles. The van der Waals surface area contributed by atoms with Crippen LogP contribution in [-0.2, 0) is 20.7 Å². The van der Waals surface area contributed by atoms with Crippen LogP contribution < -0.4 is 10.6 Å². The molecule has 1 aromatic heterocycles. The van der Waals surface area contributed by atoms with E-state index in [2.05, 4.69) is 15.7 Å². The van der Waals surface area contributed by atoms with Crippen molar-refractivity contribution in [2.24, 2.45) is 5.92 Å². The number of carbonyl (C=O) groups is 3. The van der Waals surface area contributed by atoms with Gasteiger partial charge >= 0.3 is 5.97 Å². The third-order valence-electron chi connectivity index (χ3n) is 5.96. The number of aryl methyl sites for hydroxylation is 1. The maximum atomic E-state index is 12.8. The molecule has 0 spiro atoms. The van der Waals surface area contributed by atoms with Crippen molar-refractivity contribution in [3.63, 3.8) is 0 Å². The van der Waals surface area contributed by atoms with Gasteiger partial charge in [-0.05, 0) is 81.1 Å². The predicted molar refractivity (Wildman–Crippen MR) is 129 cm³/mol. The number of nitrogens with zero attached hydrogens (tertiary/aromatic N) is 2. The summed E-state index contributed by atoms with van der Waals surface area (Å²) in [5.74, 6) is -0.360. The second-order valence-corrected chi connectivity index (χ2v) is 8.48. The first kappa shape index (κ1) is 23.2. The highest BCUT2D eigenvalue weighted by atomic mass is 16.5. The number of aromatic nitrogens is 2. The number of rotatable bonds is 8. The van der Waals surface area contributed by atoms with Crippen LogP contribution in [0.3, 0.4) is 0 Å². The molecule has 0 unspecified atom stereocenters. The van der Waals surface area contributed by atoms with E-state index in [4.69, 9.17) is 4.74 Å². The first-order chi connectivity index (χ1) is 16.4. The van der Waals surface area contributed by atoms with Gasteiger partial charge in [-0.2, -0.15) is 5.10 Å². The Balaban J connectivity index is 1.43. The number of ether oxygens (including phenoxy) is 1. The molecule has 3 aromatic rings. The Hall–Kier alpha value is -3.94. The van der Waals surface area contributed by atoms with E-state index in [1.807, 2.05) is 30.7 Å². The lowest BCUT2D eigenvalue weighted by Crippen LogP contribution is -2.15. The topological polar surface area (TPSA) is 102 Å². The van der Waals surface area contributed by atoms with Gasteiger partial charge in [-0.25, -0.2) is 4.68 Å². The lowest BCUT2D eigenvalue weighted by molar-refractivity contribution is -0.140. The fourth-order valence-electron chi connectivity index (χ4n) is 3.84. The molecule has 8 heteroatoms. The zero-order chi connectivity index (χ0) is 24.2. The predicted octanol–water partition coefficient (Wildman–Crippen LogP) is 4.20. The molecule has 0 aliphatic heterocycles. The quantitative estimate of drug-likeness (QED) is 0.491. The summed E-state index contributed by atoms with van der Waals surface area (Å²) in [6, 6.07) is 14.3. The van der Waals surface area contributed by atoms with Crippen molar-refractivity contribution in [3.8, 4) is 5.69 Å². The number of benzene rings is 2. The lowest BCUT2D eigenvalue weighted by Gasteiger charge is -2.10. The first-order valence-corrected chi connectivity index (χ1v) is 11.3. The zero-order valence-electron chi connectivity index (χ0n) is 19.6. The van der Waals surface area contributed by atoms with E-state index in [0.29, 0.717) is 29.8 Å². The van der Waals surface area contributed by atoms with E-state index in [1.165, 1.54) is 7.11 Å². The number of hydrogen-bond donors (Lipinski definition) is 2. The Morgan fingerprint density at radius 2 is 1.71 bits per heavy atom. The monoisotopic (exact) mass is 460 g/mol. The molecule has 1 fully saturated rings. The van der Waals surface area contributed by atoms with Gasteiger partial charge in [0.1, 0.15) is 0 Å². The summed E-state index contributed by atoms with van der Waals surface area (Å²) in [5.41, 5.74) is 5.42. The SMILES string of the molecule is COC(=O)CCc1c(C)nn(-c2ccc(C(=O)Nc3cccc(NC(=O)C4CC4)c3)cc2)c1C. The second-order valence-electron chi connectivity index (χ2n) is 8.48. The van der Waals surface area contributed by atoms with E-state index < -0.39 is 0 Å². The molecule has 1 saturated carbocycles.